The molecule has 402 valence electrons. The summed E-state index contributed by atoms with van der Waals surface area (Å²) in [4.78, 5) is 123. The van der Waals surface area contributed by atoms with Crippen LogP contribution in [0, 0.1) is 0 Å². The number of nitrogens with zero attached hydrogens (tertiary/aromatic N) is 2. The number of para-hydroxylation sites is 1. The molecule has 2 aliphatic rings. The standard InChI is InChI=1S/C55H68N12O9/c1-3-4-21-42(62-33(2)68)50(71)66-46-29-60-48(69)30-61-49(70)44(26-37-28-59-41-22-11-10-20-40(37)41)64-51(72)43(23-13-24-58-55(56)57)63-52(73)45(25-36-18-12-17-35-16-8-9-19-39(35)36)65-53(74)47-27-38(31-67(47)54(46)75)76-32-34-14-6-5-7-15-34/h5-12,14-20,22,28,38,42-47,59H,3-4,13,21,23-27,29-32H2,1-2H3,(H,60,69)(H,61,70)(H,62,68)(H,63,73)(H,64,72)(H,65,74)(H,66,71)(H4,56,57,58)/t38?,42-,43-,44-,45+,46-,47?/m0/s1. The SMILES string of the molecule is CCCC[C@H](NC(C)=O)C(=O)N[C@H]1CNC(=O)CNC(=O)[C@H](Cc2c[nH]c3ccccc23)NC(=O)[C@H](CCCN=C(N)N)NC(=O)[C@@H](Cc2cccc3ccccc23)NC(=O)C2CC(OCc3ccccc3)CN2C1=O. The normalized spacial score (nSPS) is 21.4. The summed E-state index contributed by atoms with van der Waals surface area (Å²) in [5.41, 5.74) is 14.2. The van der Waals surface area contributed by atoms with E-state index in [2.05, 4.69) is 47.2 Å². The number of aliphatic imine (C=N–C) groups is 1. The van der Waals surface area contributed by atoms with Crippen LogP contribution < -0.4 is 48.7 Å². The summed E-state index contributed by atoms with van der Waals surface area (Å²) in [6, 6.07) is 22.1. The van der Waals surface area contributed by atoms with Gasteiger partial charge in [0.1, 0.15) is 36.3 Å². The maximum Gasteiger partial charge on any atom is 0.247 e. The molecule has 0 radical (unpaired) electrons. The summed E-state index contributed by atoms with van der Waals surface area (Å²) in [5.74, 6) is -5.81. The maximum atomic E-state index is 15.1. The molecule has 1 aromatic heterocycles. The van der Waals surface area contributed by atoms with Crippen molar-refractivity contribution in [2.75, 3.05) is 26.2 Å². The number of amides is 8. The lowest BCUT2D eigenvalue weighted by atomic mass is 9.97. The van der Waals surface area contributed by atoms with Crippen molar-refractivity contribution in [2.45, 2.75) is 114 Å². The highest BCUT2D eigenvalue weighted by atomic mass is 16.5. The van der Waals surface area contributed by atoms with E-state index in [-0.39, 0.29) is 64.2 Å². The highest BCUT2D eigenvalue weighted by Gasteiger charge is 2.44. The van der Waals surface area contributed by atoms with Crippen molar-refractivity contribution in [3.05, 3.63) is 120 Å². The van der Waals surface area contributed by atoms with Crippen molar-refractivity contribution in [1.29, 1.82) is 0 Å². The second-order valence-electron chi connectivity index (χ2n) is 19.2. The average Bonchev–Trinajstić information content (AvgIpc) is 4.04. The molecule has 0 saturated carbocycles. The van der Waals surface area contributed by atoms with Gasteiger partial charge in [0, 0.05) is 62.9 Å². The van der Waals surface area contributed by atoms with Gasteiger partial charge in [0.25, 0.3) is 0 Å². The van der Waals surface area contributed by atoms with Crippen LogP contribution in [0.1, 0.15) is 69.1 Å². The summed E-state index contributed by atoms with van der Waals surface area (Å²) in [7, 11) is 0. The van der Waals surface area contributed by atoms with Crippen LogP contribution in [0.4, 0.5) is 0 Å². The van der Waals surface area contributed by atoms with Crippen molar-refractivity contribution in [1.82, 2.24) is 47.1 Å². The van der Waals surface area contributed by atoms with Crippen molar-refractivity contribution >= 4 is 74.9 Å². The zero-order valence-corrected chi connectivity index (χ0v) is 42.8. The topological polar surface area (TPSA) is 313 Å². The van der Waals surface area contributed by atoms with Crippen LogP contribution in [0.3, 0.4) is 0 Å². The number of nitrogens with one attached hydrogen (secondary N) is 8. The Morgan fingerprint density at radius 3 is 2.20 bits per heavy atom. The van der Waals surface area contributed by atoms with Crippen molar-refractivity contribution < 1.29 is 43.1 Å². The number of nitrogens with two attached hydrogens (primary N) is 2. The van der Waals surface area contributed by atoms with Gasteiger partial charge in [-0.3, -0.25) is 43.3 Å². The molecule has 21 heteroatoms. The van der Waals surface area contributed by atoms with Gasteiger partial charge in [-0.15, -0.1) is 0 Å². The largest absolute Gasteiger partial charge is 0.372 e. The molecular formula is C55H68N12O9. The zero-order chi connectivity index (χ0) is 54.1. The Morgan fingerprint density at radius 2 is 1.43 bits per heavy atom. The molecule has 4 aromatic carbocycles. The molecule has 2 fully saturated rings. The Bertz CT molecular complexity index is 2900. The molecule has 12 N–H and O–H groups in total. The fourth-order valence-corrected chi connectivity index (χ4v) is 9.58. The molecule has 3 heterocycles. The number of fused-ring (bicyclic) bond motifs is 3. The molecule has 5 aromatic rings. The minimum Gasteiger partial charge on any atom is -0.372 e. The first-order chi connectivity index (χ1) is 36.7. The van der Waals surface area contributed by atoms with Gasteiger partial charge in [-0.1, -0.05) is 111 Å². The number of rotatable bonds is 17. The van der Waals surface area contributed by atoms with Gasteiger partial charge in [-0.05, 0) is 52.8 Å². The van der Waals surface area contributed by atoms with Gasteiger partial charge < -0.3 is 63.3 Å². The lowest BCUT2D eigenvalue weighted by Crippen LogP contribution is -2.61. The van der Waals surface area contributed by atoms with Crippen LogP contribution in [0.25, 0.3) is 21.7 Å². The smallest absolute Gasteiger partial charge is 0.247 e. The van der Waals surface area contributed by atoms with Gasteiger partial charge in [0.2, 0.25) is 47.3 Å². The summed E-state index contributed by atoms with van der Waals surface area (Å²) >= 11 is 0. The Balaban J connectivity index is 1.28. The first-order valence-electron chi connectivity index (χ1n) is 25.7. The van der Waals surface area contributed by atoms with Crippen molar-refractivity contribution in [3.63, 3.8) is 0 Å². The fraction of sp³-hybridized carbons (Fsp3) is 0.400. The van der Waals surface area contributed by atoms with E-state index >= 15 is 14.4 Å². The highest BCUT2D eigenvalue weighted by molar-refractivity contribution is 5.99. The van der Waals surface area contributed by atoms with Crippen LogP contribution in [0.5, 0.6) is 0 Å². The molecule has 7 rings (SSSR count). The van der Waals surface area contributed by atoms with Crippen LogP contribution in [-0.2, 0) is 62.5 Å². The molecule has 2 unspecified atom stereocenters. The predicted octanol–water partition coefficient (Wildman–Crippen LogP) is 1.23. The van der Waals surface area contributed by atoms with Gasteiger partial charge in [-0.2, -0.15) is 0 Å². The predicted molar refractivity (Wildman–Crippen MR) is 286 cm³/mol. The highest BCUT2D eigenvalue weighted by Crippen LogP contribution is 2.26. The van der Waals surface area contributed by atoms with Crippen molar-refractivity contribution in [3.8, 4) is 0 Å². The average molecular weight is 1040 g/mol. The third-order valence-electron chi connectivity index (χ3n) is 13.5. The molecule has 0 aliphatic carbocycles. The second kappa shape index (κ2) is 26.8. The Hall–Kier alpha value is -8.33. The van der Waals surface area contributed by atoms with Crippen LogP contribution in [0.15, 0.2) is 108 Å². The number of H-pyrrole nitrogens is 1. The molecular weight excluding hydrogens is 973 g/mol. The van der Waals surface area contributed by atoms with E-state index in [1.165, 1.54) is 11.8 Å². The van der Waals surface area contributed by atoms with Crippen LogP contribution in [-0.4, -0.2) is 132 Å². The van der Waals surface area contributed by atoms with Crippen molar-refractivity contribution in [2.24, 2.45) is 16.5 Å². The lowest BCUT2D eigenvalue weighted by molar-refractivity contribution is -0.142. The van der Waals surface area contributed by atoms with Crippen LogP contribution in [0.2, 0.25) is 0 Å². The molecule has 2 aliphatic heterocycles. The van der Waals surface area contributed by atoms with E-state index in [0.29, 0.717) is 24.0 Å². The van der Waals surface area contributed by atoms with E-state index in [0.717, 1.165) is 27.2 Å². The molecule has 21 nitrogen and oxygen atoms in total. The molecule has 2 saturated heterocycles. The van der Waals surface area contributed by atoms with Gasteiger partial charge in [-0.25, -0.2) is 0 Å². The summed E-state index contributed by atoms with van der Waals surface area (Å²) in [5, 5.41) is 21.7. The summed E-state index contributed by atoms with van der Waals surface area (Å²) in [6.07, 6.45) is 2.60. The zero-order valence-electron chi connectivity index (χ0n) is 42.8. The third kappa shape index (κ3) is 15.1. The van der Waals surface area contributed by atoms with E-state index in [9.17, 15) is 24.0 Å². The van der Waals surface area contributed by atoms with E-state index in [1.807, 2.05) is 104 Å². The van der Waals surface area contributed by atoms with Gasteiger partial charge >= 0.3 is 0 Å². The number of aromatic amines is 1. The quantitative estimate of drug-likeness (QED) is 0.0359. The Labute approximate surface area is 440 Å². The number of benzene rings is 4. The molecule has 7 atom stereocenters. The first-order valence-corrected chi connectivity index (χ1v) is 25.7. The number of carbonyl (C=O) groups is 8. The Morgan fingerprint density at radius 1 is 0.763 bits per heavy atom. The first kappa shape index (κ1) is 55.4. The number of guanidine groups is 1. The van der Waals surface area contributed by atoms with Gasteiger partial charge in [0.15, 0.2) is 5.96 Å². The number of hydrogen-bond acceptors (Lipinski definition) is 10. The lowest BCUT2D eigenvalue weighted by Gasteiger charge is -2.31. The van der Waals surface area contributed by atoms with E-state index in [1.54, 1.807) is 6.20 Å². The minimum atomic E-state index is -1.50. The summed E-state index contributed by atoms with van der Waals surface area (Å²) < 4.78 is 6.33. The van der Waals surface area contributed by atoms with Gasteiger partial charge in [0.05, 0.1) is 19.3 Å². The molecule has 76 heavy (non-hydrogen) atoms. The molecule has 0 bridgehead atoms. The monoisotopic (exact) mass is 1040 g/mol. The number of hydrogen-bond donors (Lipinski definition) is 10. The number of ether oxygens (including phenoxy) is 1. The third-order valence-corrected chi connectivity index (χ3v) is 13.5. The minimum absolute atomic E-state index is 0.00714. The molecule has 0 spiro atoms. The molecule has 8 amide bonds. The maximum absolute atomic E-state index is 15.1. The van der Waals surface area contributed by atoms with E-state index in [4.69, 9.17) is 16.2 Å². The second-order valence-corrected chi connectivity index (χ2v) is 19.2. The number of unbranched alkanes of at least 4 members (excludes halogenated alkanes) is 1. The Kier molecular flexibility index (Phi) is 19.5. The summed E-state index contributed by atoms with van der Waals surface area (Å²) in [6.45, 7) is 2.20. The number of aromatic nitrogens is 1. The fourth-order valence-electron chi connectivity index (χ4n) is 9.58. The van der Waals surface area contributed by atoms with Crippen LogP contribution >= 0.6 is 0 Å². The van der Waals surface area contributed by atoms with E-state index < -0.39 is 103 Å². The number of carbonyl (C=O) groups excluding carboxylic acids is 8.